The van der Waals surface area contributed by atoms with Gasteiger partial charge >= 0.3 is 0 Å². The smallest absolute Gasteiger partial charge is 0.243 e. The first-order valence-corrected chi connectivity index (χ1v) is 7.75. The summed E-state index contributed by atoms with van der Waals surface area (Å²) < 4.78 is 53.0. The van der Waals surface area contributed by atoms with Crippen LogP contribution in [0.3, 0.4) is 0 Å². The predicted molar refractivity (Wildman–Crippen MR) is 75.5 cm³/mol. The zero-order chi connectivity index (χ0) is 16.4. The first-order chi connectivity index (χ1) is 9.44. The minimum atomic E-state index is -4.17. The van der Waals surface area contributed by atoms with E-state index in [2.05, 4.69) is 4.72 Å². The van der Waals surface area contributed by atoms with Crippen molar-refractivity contribution in [2.45, 2.75) is 24.3 Å². The average Bonchev–Trinajstić information content (AvgIpc) is 2.30. The number of nitrogens with one attached hydrogen (secondary N) is 1. The number of likely N-dealkylation sites (N-methyl/N-ethyl adjacent to an activating group) is 1. The van der Waals surface area contributed by atoms with Crippen molar-refractivity contribution >= 4 is 10.0 Å². The highest BCUT2D eigenvalue weighted by Crippen LogP contribution is 2.19. The Hall–Kier alpha value is -1.09. The Morgan fingerprint density at radius 3 is 2.38 bits per heavy atom. The van der Waals surface area contributed by atoms with Crippen LogP contribution in [-0.2, 0) is 10.0 Å². The van der Waals surface area contributed by atoms with Crippen LogP contribution in [-0.4, -0.2) is 51.2 Å². The third-order valence-corrected chi connectivity index (χ3v) is 4.22. The van der Waals surface area contributed by atoms with Crippen LogP contribution in [0.1, 0.15) is 12.5 Å². The monoisotopic (exact) mass is 322 g/mol. The highest BCUT2D eigenvalue weighted by molar-refractivity contribution is 7.89. The third-order valence-electron chi connectivity index (χ3n) is 2.80. The molecule has 2 N–H and O–H groups in total. The third kappa shape index (κ3) is 4.99. The minimum absolute atomic E-state index is 0.0248. The molecule has 0 heterocycles. The van der Waals surface area contributed by atoms with E-state index >= 15 is 0 Å². The Labute approximate surface area is 123 Å². The van der Waals surface area contributed by atoms with Gasteiger partial charge in [0.2, 0.25) is 10.0 Å². The molecule has 0 unspecified atom stereocenters. The number of rotatable bonds is 6. The minimum Gasteiger partial charge on any atom is -0.387 e. The molecule has 120 valence electrons. The Kier molecular flexibility index (Phi) is 5.43. The Morgan fingerprint density at radius 1 is 1.29 bits per heavy atom. The average molecular weight is 322 g/mol. The maximum absolute atomic E-state index is 13.6. The Morgan fingerprint density at radius 2 is 1.86 bits per heavy atom. The van der Waals surface area contributed by atoms with Gasteiger partial charge in [-0.3, -0.25) is 0 Å². The van der Waals surface area contributed by atoms with Crippen molar-refractivity contribution in [3.05, 3.63) is 29.3 Å². The van der Waals surface area contributed by atoms with Gasteiger partial charge in [0.05, 0.1) is 5.60 Å². The number of halogens is 2. The van der Waals surface area contributed by atoms with Gasteiger partial charge in [-0.25, -0.2) is 21.9 Å². The van der Waals surface area contributed by atoms with Gasteiger partial charge in [-0.05, 0) is 39.6 Å². The molecular formula is C13H20F2N2O3S. The lowest BCUT2D eigenvalue weighted by Crippen LogP contribution is -2.47. The Bertz CT molecular complexity index is 616. The van der Waals surface area contributed by atoms with E-state index in [1.165, 1.54) is 13.8 Å². The molecule has 0 aliphatic carbocycles. The van der Waals surface area contributed by atoms with Gasteiger partial charge in [-0.1, -0.05) is 0 Å². The summed E-state index contributed by atoms with van der Waals surface area (Å²) in [6.45, 7) is 2.74. The summed E-state index contributed by atoms with van der Waals surface area (Å²) in [5.74, 6) is -1.98. The molecule has 1 aromatic rings. The molecule has 0 radical (unpaired) electrons. The molecule has 0 saturated heterocycles. The summed E-state index contributed by atoms with van der Waals surface area (Å²) in [5, 5.41) is 10.0. The highest BCUT2D eigenvalue weighted by Gasteiger charge is 2.27. The second-order valence-corrected chi connectivity index (χ2v) is 7.33. The van der Waals surface area contributed by atoms with Crippen molar-refractivity contribution < 1.29 is 22.3 Å². The predicted octanol–water partition coefficient (Wildman–Crippen LogP) is 0.864. The van der Waals surface area contributed by atoms with Crippen LogP contribution in [0.4, 0.5) is 8.78 Å². The number of aliphatic hydroxyl groups is 1. The summed E-state index contributed by atoms with van der Waals surface area (Å²) >= 11 is 0. The van der Waals surface area contributed by atoms with Crippen molar-refractivity contribution in [1.29, 1.82) is 0 Å². The number of sulfonamides is 1. The van der Waals surface area contributed by atoms with E-state index in [1.54, 1.807) is 19.0 Å². The molecule has 0 aliphatic heterocycles. The largest absolute Gasteiger partial charge is 0.387 e. The summed E-state index contributed by atoms with van der Waals surface area (Å²) in [4.78, 5) is 1.05. The van der Waals surface area contributed by atoms with E-state index in [9.17, 15) is 22.3 Å². The fourth-order valence-corrected chi connectivity index (χ4v) is 3.21. The maximum atomic E-state index is 13.6. The molecule has 0 aromatic heterocycles. The Balaban J connectivity index is 2.95. The van der Waals surface area contributed by atoms with Crippen LogP contribution in [0.2, 0.25) is 0 Å². The van der Waals surface area contributed by atoms with Gasteiger partial charge in [-0.15, -0.1) is 0 Å². The van der Waals surface area contributed by atoms with Crippen molar-refractivity contribution in [1.82, 2.24) is 9.62 Å². The highest BCUT2D eigenvalue weighted by atomic mass is 32.2. The zero-order valence-electron chi connectivity index (χ0n) is 12.4. The van der Waals surface area contributed by atoms with E-state index in [1.807, 2.05) is 0 Å². The van der Waals surface area contributed by atoms with E-state index in [0.29, 0.717) is 6.07 Å². The van der Waals surface area contributed by atoms with Crippen molar-refractivity contribution in [2.24, 2.45) is 0 Å². The number of nitrogens with zero attached hydrogens (tertiary/aromatic N) is 1. The fourth-order valence-electron chi connectivity index (χ4n) is 1.90. The van der Waals surface area contributed by atoms with E-state index < -0.39 is 32.2 Å². The van der Waals surface area contributed by atoms with E-state index in [0.717, 1.165) is 6.07 Å². The molecule has 0 fully saturated rings. The molecule has 8 heteroatoms. The molecule has 0 saturated carbocycles. The molecule has 1 aromatic carbocycles. The van der Waals surface area contributed by atoms with Crippen LogP contribution >= 0.6 is 0 Å². The second kappa shape index (κ2) is 6.35. The van der Waals surface area contributed by atoms with Crippen LogP contribution in [0.15, 0.2) is 17.0 Å². The van der Waals surface area contributed by atoms with Crippen molar-refractivity contribution in [3.63, 3.8) is 0 Å². The van der Waals surface area contributed by atoms with Gasteiger partial charge in [0.15, 0.2) is 0 Å². The standard InChI is InChI=1S/C13H20F2N2O3S/c1-9-5-12(11(15)6-10(9)14)21(19,20)16-7-13(2,18)8-17(3)4/h5-6,16,18H,7-8H2,1-4H3/t13-/m1/s1. The van der Waals surface area contributed by atoms with E-state index in [-0.39, 0.29) is 18.7 Å². The number of benzene rings is 1. The molecule has 0 bridgehead atoms. The summed E-state index contributed by atoms with van der Waals surface area (Å²) in [7, 11) is -0.713. The van der Waals surface area contributed by atoms with Gasteiger partial charge in [0.1, 0.15) is 16.5 Å². The van der Waals surface area contributed by atoms with Crippen molar-refractivity contribution in [3.8, 4) is 0 Å². The van der Waals surface area contributed by atoms with Gasteiger partial charge in [0.25, 0.3) is 0 Å². The quantitative estimate of drug-likeness (QED) is 0.815. The first-order valence-electron chi connectivity index (χ1n) is 6.27. The lowest BCUT2D eigenvalue weighted by molar-refractivity contribution is 0.0386. The van der Waals surface area contributed by atoms with Crippen LogP contribution in [0.25, 0.3) is 0 Å². The van der Waals surface area contributed by atoms with Gasteiger partial charge in [0, 0.05) is 19.2 Å². The van der Waals surface area contributed by atoms with E-state index in [4.69, 9.17) is 0 Å². The van der Waals surface area contributed by atoms with Crippen LogP contribution in [0, 0.1) is 18.6 Å². The topological polar surface area (TPSA) is 69.6 Å². The normalized spacial score (nSPS) is 15.2. The van der Waals surface area contributed by atoms with Gasteiger partial charge < -0.3 is 10.0 Å². The van der Waals surface area contributed by atoms with Crippen LogP contribution in [0.5, 0.6) is 0 Å². The molecule has 0 amide bonds. The summed E-state index contributed by atoms with van der Waals surface area (Å²) in [6, 6.07) is 1.45. The lowest BCUT2D eigenvalue weighted by atomic mass is 10.1. The maximum Gasteiger partial charge on any atom is 0.243 e. The molecular weight excluding hydrogens is 302 g/mol. The number of hydrogen-bond donors (Lipinski definition) is 2. The second-order valence-electron chi connectivity index (χ2n) is 5.59. The summed E-state index contributed by atoms with van der Waals surface area (Å²) in [6.07, 6.45) is 0. The summed E-state index contributed by atoms with van der Waals surface area (Å²) in [5.41, 5.74) is -1.29. The first kappa shape index (κ1) is 18.0. The number of hydrogen-bond acceptors (Lipinski definition) is 4. The number of aryl methyl sites for hydroxylation is 1. The SMILES string of the molecule is Cc1cc(S(=O)(=O)NC[C@@](C)(O)CN(C)C)c(F)cc1F. The van der Waals surface area contributed by atoms with Crippen LogP contribution < -0.4 is 4.72 Å². The lowest BCUT2D eigenvalue weighted by Gasteiger charge is -2.27. The molecule has 1 rings (SSSR count). The van der Waals surface area contributed by atoms with Gasteiger partial charge in [-0.2, -0.15) is 0 Å². The van der Waals surface area contributed by atoms with Crippen molar-refractivity contribution in [2.75, 3.05) is 27.2 Å². The molecule has 5 nitrogen and oxygen atoms in total. The zero-order valence-corrected chi connectivity index (χ0v) is 13.3. The molecule has 0 spiro atoms. The molecule has 0 aliphatic rings. The molecule has 21 heavy (non-hydrogen) atoms. The fraction of sp³-hybridized carbons (Fsp3) is 0.538. The molecule has 1 atom stereocenters.